The van der Waals surface area contributed by atoms with E-state index in [-0.39, 0.29) is 5.91 Å². The van der Waals surface area contributed by atoms with Gasteiger partial charge in [-0.25, -0.2) is 9.59 Å². The zero-order valence-electron chi connectivity index (χ0n) is 22.8. The molecule has 0 bridgehead atoms. The van der Waals surface area contributed by atoms with Crippen molar-refractivity contribution in [2.75, 3.05) is 31.1 Å². The molecule has 0 spiro atoms. The molecule has 0 saturated heterocycles. The van der Waals surface area contributed by atoms with E-state index in [1.807, 2.05) is 6.07 Å². The van der Waals surface area contributed by atoms with Gasteiger partial charge in [0.25, 0.3) is 5.91 Å². The summed E-state index contributed by atoms with van der Waals surface area (Å²) in [6, 6.07) is 15.0. The fraction of sp³-hybridized carbons (Fsp3) is 0.414. The van der Waals surface area contributed by atoms with E-state index in [4.69, 9.17) is 10.2 Å². The molecule has 0 radical (unpaired) electrons. The minimum Gasteiger partial charge on any atom is -0.478 e. The lowest BCUT2D eigenvalue weighted by molar-refractivity contribution is -0.134. The summed E-state index contributed by atoms with van der Waals surface area (Å²) in [5, 5.41) is 18.7. The fourth-order valence-corrected chi connectivity index (χ4v) is 5.11. The van der Waals surface area contributed by atoms with Gasteiger partial charge in [0.1, 0.15) is 0 Å². The highest BCUT2D eigenvalue weighted by molar-refractivity contribution is 7.99. The van der Waals surface area contributed by atoms with Crippen molar-refractivity contribution in [2.45, 2.75) is 56.9 Å². The van der Waals surface area contributed by atoms with Crippen LogP contribution in [-0.2, 0) is 9.59 Å². The third kappa shape index (κ3) is 9.22. The Balaban J connectivity index is 0.000000550. The molecule has 8 nitrogen and oxygen atoms in total. The summed E-state index contributed by atoms with van der Waals surface area (Å²) >= 11 is 1.79. The Morgan fingerprint density at radius 2 is 1.55 bits per heavy atom. The first kappa shape index (κ1) is 30.9. The predicted molar refractivity (Wildman–Crippen MR) is 153 cm³/mol. The summed E-state index contributed by atoms with van der Waals surface area (Å²) in [5.41, 5.74) is 3.10. The van der Waals surface area contributed by atoms with E-state index in [0.717, 1.165) is 37.3 Å². The van der Waals surface area contributed by atoms with Crippen LogP contribution in [0.3, 0.4) is 0 Å². The number of nitrogens with one attached hydrogen (secondary N) is 1. The van der Waals surface area contributed by atoms with Crippen molar-refractivity contribution < 1.29 is 24.6 Å². The molecule has 38 heavy (non-hydrogen) atoms. The van der Waals surface area contributed by atoms with E-state index in [2.05, 4.69) is 86.1 Å². The zero-order valence-corrected chi connectivity index (χ0v) is 23.6. The van der Waals surface area contributed by atoms with Crippen LogP contribution in [-0.4, -0.2) is 65.2 Å². The van der Waals surface area contributed by atoms with Crippen molar-refractivity contribution in [1.82, 2.24) is 10.2 Å². The minimum atomic E-state index is -1.26. The van der Waals surface area contributed by atoms with Crippen LogP contribution in [0.5, 0.6) is 0 Å². The number of carbonyl (C=O) groups excluding carboxylic acids is 1. The molecule has 0 fully saturated rings. The highest BCUT2D eigenvalue weighted by Gasteiger charge is 2.28. The van der Waals surface area contributed by atoms with Crippen LogP contribution in [0.1, 0.15) is 51.4 Å². The molecule has 0 aromatic heterocycles. The zero-order chi connectivity index (χ0) is 28.2. The van der Waals surface area contributed by atoms with Gasteiger partial charge in [-0.2, -0.15) is 0 Å². The first-order valence-electron chi connectivity index (χ1n) is 12.9. The second kappa shape index (κ2) is 15.2. The lowest BCUT2D eigenvalue weighted by Crippen LogP contribution is -2.41. The Hall–Kier alpha value is -3.30. The quantitative estimate of drug-likeness (QED) is 0.320. The average Bonchev–Trinajstić information content (AvgIpc) is 2.88. The molecule has 2 aromatic rings. The van der Waals surface area contributed by atoms with E-state index in [1.165, 1.54) is 15.5 Å². The number of carboxylic acids is 2. The van der Waals surface area contributed by atoms with Crippen molar-refractivity contribution in [3.05, 3.63) is 60.2 Å². The number of nitrogens with zero attached hydrogens (tertiary/aromatic N) is 2. The van der Waals surface area contributed by atoms with Crippen LogP contribution in [0.4, 0.5) is 11.4 Å². The van der Waals surface area contributed by atoms with Crippen LogP contribution in [0.2, 0.25) is 0 Å². The molecule has 9 heteroatoms. The number of hydrogen-bond donors (Lipinski definition) is 3. The van der Waals surface area contributed by atoms with E-state index in [0.29, 0.717) is 30.7 Å². The summed E-state index contributed by atoms with van der Waals surface area (Å²) in [6.07, 6.45) is 2.11. The maximum atomic E-state index is 12.8. The van der Waals surface area contributed by atoms with Crippen molar-refractivity contribution in [2.24, 2.45) is 5.92 Å². The highest BCUT2D eigenvalue weighted by atomic mass is 32.2. The Bertz CT molecular complexity index is 1110. The monoisotopic (exact) mass is 541 g/mol. The molecule has 1 aliphatic heterocycles. The van der Waals surface area contributed by atoms with Crippen molar-refractivity contribution in [3.8, 4) is 0 Å². The lowest BCUT2D eigenvalue weighted by atomic mass is 10.1. The highest BCUT2D eigenvalue weighted by Crippen LogP contribution is 2.49. The second-order valence-corrected chi connectivity index (χ2v) is 10.5. The van der Waals surface area contributed by atoms with Gasteiger partial charge in [-0.15, -0.1) is 0 Å². The first-order valence-corrected chi connectivity index (χ1v) is 13.7. The maximum absolute atomic E-state index is 12.8. The molecule has 3 N–H and O–H groups in total. The van der Waals surface area contributed by atoms with Crippen molar-refractivity contribution >= 4 is 41.0 Å². The molecule has 2 aromatic carbocycles. The SMILES string of the molecule is CCN(CC)CC(C)N1c2ccccc2Sc2ccc(C(=O)NCCC(C)C)cc21.O=C(O)/C=C/C(=O)O. The van der Waals surface area contributed by atoms with Crippen molar-refractivity contribution in [3.63, 3.8) is 0 Å². The second-order valence-electron chi connectivity index (χ2n) is 9.41. The van der Waals surface area contributed by atoms with E-state index < -0.39 is 11.9 Å². The normalized spacial score (nSPS) is 13.0. The molecular formula is C29H39N3O5S. The van der Waals surface area contributed by atoms with Gasteiger partial charge in [0, 0.05) is 46.6 Å². The molecule has 1 amide bonds. The number of rotatable bonds is 11. The van der Waals surface area contributed by atoms with Gasteiger partial charge in [-0.3, -0.25) is 4.79 Å². The van der Waals surface area contributed by atoms with Crippen LogP contribution < -0.4 is 10.2 Å². The smallest absolute Gasteiger partial charge is 0.328 e. The number of anilines is 2. The molecule has 1 aliphatic rings. The third-order valence-electron chi connectivity index (χ3n) is 6.06. The number of likely N-dealkylation sites (N-methyl/N-ethyl adjacent to an activating group) is 1. The van der Waals surface area contributed by atoms with Gasteiger partial charge in [0.05, 0.1) is 11.4 Å². The van der Waals surface area contributed by atoms with Gasteiger partial charge >= 0.3 is 11.9 Å². The molecule has 206 valence electrons. The van der Waals surface area contributed by atoms with Crippen LogP contribution >= 0.6 is 11.8 Å². The number of benzene rings is 2. The fourth-order valence-electron chi connectivity index (χ4n) is 4.05. The molecular weight excluding hydrogens is 502 g/mol. The summed E-state index contributed by atoms with van der Waals surface area (Å²) in [5.74, 6) is -1.92. The number of hydrogen-bond acceptors (Lipinski definition) is 6. The molecule has 0 saturated carbocycles. The number of amides is 1. The Labute approximate surface area is 229 Å². The number of carboxylic acid groups (broad SMARTS) is 2. The third-order valence-corrected chi connectivity index (χ3v) is 7.19. The van der Waals surface area contributed by atoms with Gasteiger partial charge < -0.3 is 25.3 Å². The van der Waals surface area contributed by atoms with E-state index in [9.17, 15) is 14.4 Å². The Morgan fingerprint density at radius 1 is 0.947 bits per heavy atom. The first-order chi connectivity index (χ1) is 18.1. The number of aliphatic carboxylic acids is 2. The molecule has 1 unspecified atom stereocenters. The van der Waals surface area contributed by atoms with E-state index >= 15 is 0 Å². The van der Waals surface area contributed by atoms with Crippen LogP contribution in [0.15, 0.2) is 64.4 Å². The molecule has 3 rings (SSSR count). The summed E-state index contributed by atoms with van der Waals surface area (Å²) in [7, 11) is 0. The van der Waals surface area contributed by atoms with Gasteiger partial charge in [-0.1, -0.05) is 51.6 Å². The Morgan fingerprint density at radius 3 is 2.13 bits per heavy atom. The average molecular weight is 542 g/mol. The van der Waals surface area contributed by atoms with Crippen LogP contribution in [0, 0.1) is 5.92 Å². The molecule has 1 heterocycles. The predicted octanol–water partition coefficient (Wildman–Crippen LogP) is 5.51. The molecule has 0 aliphatic carbocycles. The van der Waals surface area contributed by atoms with E-state index in [1.54, 1.807) is 11.8 Å². The number of carbonyl (C=O) groups is 3. The Kier molecular flexibility index (Phi) is 12.4. The molecule has 1 atom stereocenters. The maximum Gasteiger partial charge on any atom is 0.328 e. The number of fused-ring (bicyclic) bond motifs is 2. The lowest BCUT2D eigenvalue weighted by Gasteiger charge is -2.39. The van der Waals surface area contributed by atoms with Gasteiger partial charge in [-0.05, 0) is 62.7 Å². The standard InChI is InChI=1S/C25H35N3OS.C4H4O4/c1-6-27(7-2)17-19(5)28-21-10-8-9-11-23(21)30-24-13-12-20(16-22(24)28)25(29)26-15-14-18(3)4;5-3(6)1-2-4(7)8/h8-13,16,18-19H,6-7,14-15,17H2,1-5H3,(H,26,29);1-2H,(H,5,6)(H,7,8)/b;2-1+. The van der Waals surface area contributed by atoms with Gasteiger partial charge in [0.15, 0.2) is 0 Å². The largest absolute Gasteiger partial charge is 0.478 e. The number of para-hydroxylation sites is 1. The minimum absolute atomic E-state index is 0.0126. The topological polar surface area (TPSA) is 110 Å². The van der Waals surface area contributed by atoms with Crippen LogP contribution in [0.25, 0.3) is 0 Å². The summed E-state index contributed by atoms with van der Waals surface area (Å²) in [6.45, 7) is 14.8. The van der Waals surface area contributed by atoms with Gasteiger partial charge in [0.2, 0.25) is 0 Å². The summed E-state index contributed by atoms with van der Waals surface area (Å²) < 4.78 is 0. The summed E-state index contributed by atoms with van der Waals surface area (Å²) in [4.78, 5) is 39.2. The van der Waals surface area contributed by atoms with Crippen molar-refractivity contribution in [1.29, 1.82) is 0 Å².